The van der Waals surface area contributed by atoms with Crippen LogP contribution in [0.1, 0.15) is 13.3 Å². The van der Waals surface area contributed by atoms with Gasteiger partial charge in [0.05, 0.1) is 12.7 Å². The molecule has 1 aliphatic rings. The quantitative estimate of drug-likeness (QED) is 0.630. The minimum atomic E-state index is 0.205. The Kier molecular flexibility index (Phi) is 3.57. The molecule has 0 bridgehead atoms. The van der Waals surface area contributed by atoms with Gasteiger partial charge in [-0.05, 0) is 12.3 Å². The Labute approximate surface area is 62.7 Å². The molecule has 60 valence electrons. The smallest absolute Gasteiger partial charge is 0.155 e. The Hall–Kier alpha value is 0.310. The average Bonchev–Trinajstić information content (AvgIpc) is 2.38. The first kappa shape index (κ1) is 8.41. The van der Waals surface area contributed by atoms with Crippen molar-refractivity contribution >= 4 is 9.03 Å². The van der Waals surface area contributed by atoms with Gasteiger partial charge in [0.25, 0.3) is 0 Å². The number of hydrogen-bond acceptors (Lipinski definition) is 3. The summed E-state index contributed by atoms with van der Waals surface area (Å²) in [6.07, 6.45) is 1.02. The molecule has 0 radical (unpaired) electrons. The summed E-state index contributed by atoms with van der Waals surface area (Å²) in [5, 5.41) is 8.60. The van der Waals surface area contributed by atoms with E-state index < -0.39 is 0 Å². The lowest BCUT2D eigenvalue weighted by Gasteiger charge is -2.14. The van der Waals surface area contributed by atoms with Crippen molar-refractivity contribution in [2.24, 2.45) is 5.92 Å². The van der Waals surface area contributed by atoms with E-state index >= 15 is 0 Å². The third kappa shape index (κ3) is 2.17. The summed E-state index contributed by atoms with van der Waals surface area (Å²) in [6.45, 7) is 3.00. The Balaban J connectivity index is 2.18. The van der Waals surface area contributed by atoms with Crippen LogP contribution in [0.25, 0.3) is 0 Å². The van der Waals surface area contributed by atoms with Crippen LogP contribution >= 0.6 is 9.03 Å². The molecule has 3 atom stereocenters. The zero-order valence-electron chi connectivity index (χ0n) is 6.04. The molecule has 0 amide bonds. The molecule has 0 aliphatic carbocycles. The minimum Gasteiger partial charge on any atom is -0.396 e. The average molecular weight is 164 g/mol. The van der Waals surface area contributed by atoms with E-state index in [9.17, 15) is 0 Å². The zero-order valence-corrected chi connectivity index (χ0v) is 7.04. The number of aliphatic hydroxyl groups is 1. The fraction of sp³-hybridized carbons (Fsp3) is 1.00. The van der Waals surface area contributed by atoms with E-state index in [0.717, 1.165) is 6.42 Å². The molecule has 0 aromatic rings. The summed E-state index contributed by atoms with van der Waals surface area (Å²) in [5.41, 5.74) is 0. The molecule has 10 heavy (non-hydrogen) atoms. The summed E-state index contributed by atoms with van der Waals surface area (Å²) < 4.78 is 10.3. The first-order valence-electron chi connectivity index (χ1n) is 3.48. The van der Waals surface area contributed by atoms with Crippen molar-refractivity contribution in [2.45, 2.75) is 19.4 Å². The van der Waals surface area contributed by atoms with Gasteiger partial charge in [-0.2, -0.15) is 0 Å². The highest BCUT2D eigenvalue weighted by atomic mass is 31.1. The largest absolute Gasteiger partial charge is 0.396 e. The third-order valence-corrected chi connectivity index (χ3v) is 2.41. The molecule has 3 unspecified atom stereocenters. The maximum Gasteiger partial charge on any atom is 0.155 e. The van der Waals surface area contributed by atoms with Crippen LogP contribution < -0.4 is 0 Å². The van der Waals surface area contributed by atoms with E-state index in [-0.39, 0.29) is 21.7 Å². The fourth-order valence-corrected chi connectivity index (χ4v) is 1.64. The normalized spacial score (nSPS) is 31.2. The predicted molar refractivity (Wildman–Crippen MR) is 40.0 cm³/mol. The van der Waals surface area contributed by atoms with Crippen LogP contribution in [0.2, 0.25) is 0 Å². The van der Waals surface area contributed by atoms with Gasteiger partial charge in [-0.1, -0.05) is 6.92 Å². The van der Waals surface area contributed by atoms with Crippen molar-refractivity contribution in [1.82, 2.24) is 0 Å². The first-order chi connectivity index (χ1) is 4.84. The monoisotopic (exact) mass is 164 g/mol. The molecule has 0 saturated carbocycles. The molecule has 0 aromatic heterocycles. The Morgan fingerprint density at radius 3 is 3.10 bits per heavy atom. The van der Waals surface area contributed by atoms with Crippen LogP contribution in [-0.4, -0.2) is 24.4 Å². The topological polar surface area (TPSA) is 38.7 Å². The lowest BCUT2D eigenvalue weighted by Crippen LogP contribution is -2.20. The summed E-state index contributed by atoms with van der Waals surface area (Å²) in [4.78, 5) is 0. The van der Waals surface area contributed by atoms with Crippen LogP contribution in [0.3, 0.4) is 0 Å². The second-order valence-corrected chi connectivity index (χ2v) is 3.23. The van der Waals surface area contributed by atoms with Gasteiger partial charge < -0.3 is 14.2 Å². The van der Waals surface area contributed by atoms with E-state index in [0.29, 0.717) is 12.5 Å². The Bertz CT molecular complexity index is 93.0. The van der Waals surface area contributed by atoms with Crippen LogP contribution in [0, 0.1) is 5.92 Å². The second kappa shape index (κ2) is 4.24. The van der Waals surface area contributed by atoms with Crippen molar-refractivity contribution in [3.8, 4) is 0 Å². The Morgan fingerprint density at radius 1 is 1.80 bits per heavy atom. The van der Waals surface area contributed by atoms with Crippen molar-refractivity contribution in [1.29, 1.82) is 0 Å². The van der Waals surface area contributed by atoms with E-state index in [1.165, 1.54) is 0 Å². The SMILES string of the molecule is CC(CCO)C1COPO1. The van der Waals surface area contributed by atoms with E-state index in [4.69, 9.17) is 14.2 Å². The molecule has 1 aliphatic heterocycles. The number of aliphatic hydroxyl groups excluding tert-OH is 1. The predicted octanol–water partition coefficient (Wildman–Crippen LogP) is 0.929. The molecule has 1 fully saturated rings. The highest BCUT2D eigenvalue weighted by Gasteiger charge is 2.22. The van der Waals surface area contributed by atoms with Gasteiger partial charge in [0.2, 0.25) is 0 Å². The maximum absolute atomic E-state index is 8.60. The van der Waals surface area contributed by atoms with E-state index in [1.807, 2.05) is 0 Å². The Morgan fingerprint density at radius 2 is 2.60 bits per heavy atom. The van der Waals surface area contributed by atoms with Crippen molar-refractivity contribution in [3.05, 3.63) is 0 Å². The van der Waals surface area contributed by atoms with Crippen LogP contribution in [0.15, 0.2) is 0 Å². The van der Waals surface area contributed by atoms with Gasteiger partial charge in [-0.3, -0.25) is 0 Å². The van der Waals surface area contributed by atoms with Gasteiger partial charge in [0.1, 0.15) is 0 Å². The van der Waals surface area contributed by atoms with E-state index in [1.54, 1.807) is 0 Å². The van der Waals surface area contributed by atoms with Gasteiger partial charge in [0, 0.05) is 6.61 Å². The van der Waals surface area contributed by atoms with Crippen molar-refractivity contribution < 1.29 is 14.2 Å². The summed E-state index contributed by atoms with van der Waals surface area (Å²) in [6, 6.07) is 0. The summed E-state index contributed by atoms with van der Waals surface area (Å²) >= 11 is 0. The lowest BCUT2D eigenvalue weighted by atomic mass is 10.0. The molecular weight excluding hydrogens is 151 g/mol. The van der Waals surface area contributed by atoms with E-state index in [2.05, 4.69) is 6.92 Å². The third-order valence-electron chi connectivity index (χ3n) is 1.73. The van der Waals surface area contributed by atoms with Crippen LogP contribution in [0.4, 0.5) is 0 Å². The maximum atomic E-state index is 8.60. The minimum absolute atomic E-state index is 0.205. The first-order valence-corrected chi connectivity index (χ1v) is 4.29. The van der Waals surface area contributed by atoms with Crippen molar-refractivity contribution in [2.75, 3.05) is 13.2 Å². The summed E-state index contributed by atoms with van der Waals surface area (Å²) in [5.74, 6) is 0.417. The summed E-state index contributed by atoms with van der Waals surface area (Å²) in [7, 11) is 0.205. The van der Waals surface area contributed by atoms with Gasteiger partial charge >= 0.3 is 0 Å². The lowest BCUT2D eigenvalue weighted by molar-refractivity contribution is 0.145. The number of rotatable bonds is 3. The molecule has 1 saturated heterocycles. The highest BCUT2D eigenvalue weighted by Crippen LogP contribution is 2.30. The second-order valence-electron chi connectivity index (χ2n) is 2.54. The van der Waals surface area contributed by atoms with Gasteiger partial charge in [-0.15, -0.1) is 0 Å². The molecular formula is C6H13O3P. The molecule has 1 N–H and O–H groups in total. The molecule has 1 heterocycles. The molecule has 0 aromatic carbocycles. The standard InChI is InChI=1S/C6H13O3P/c1-5(2-3-7)6-4-8-10-9-6/h5-7,10H,2-4H2,1H3. The molecule has 3 nitrogen and oxygen atoms in total. The molecule has 0 spiro atoms. The van der Waals surface area contributed by atoms with Crippen molar-refractivity contribution in [3.63, 3.8) is 0 Å². The van der Waals surface area contributed by atoms with Crippen LogP contribution in [-0.2, 0) is 9.05 Å². The number of hydrogen-bond donors (Lipinski definition) is 1. The fourth-order valence-electron chi connectivity index (χ4n) is 0.916. The van der Waals surface area contributed by atoms with Gasteiger partial charge in [-0.25, -0.2) is 0 Å². The van der Waals surface area contributed by atoms with Gasteiger partial charge in [0.15, 0.2) is 9.03 Å². The molecule has 1 rings (SSSR count). The zero-order chi connectivity index (χ0) is 7.40. The van der Waals surface area contributed by atoms with Crippen LogP contribution in [0.5, 0.6) is 0 Å². The highest BCUT2D eigenvalue weighted by molar-refractivity contribution is 7.26. The molecule has 4 heteroatoms.